The first-order valence-corrected chi connectivity index (χ1v) is 6.72. The Balaban J connectivity index is 2.88. The first-order chi connectivity index (χ1) is 7.04. The molecule has 0 heterocycles. The van der Waals surface area contributed by atoms with Gasteiger partial charge in [0.25, 0.3) is 0 Å². The van der Waals surface area contributed by atoms with Gasteiger partial charge < -0.3 is 0 Å². The predicted molar refractivity (Wildman–Crippen MR) is 61.3 cm³/mol. The van der Waals surface area contributed by atoms with E-state index >= 15 is 0 Å². The summed E-state index contributed by atoms with van der Waals surface area (Å²) in [6.45, 7) is 2.07. The highest BCUT2D eigenvalue weighted by atomic mass is 32.2. The molecule has 80 valence electrons. The van der Waals surface area contributed by atoms with Crippen molar-refractivity contribution < 1.29 is 8.42 Å². The molecule has 0 aliphatic heterocycles. The van der Waals surface area contributed by atoms with Crippen molar-refractivity contribution in [2.75, 3.05) is 6.26 Å². The molecule has 0 unspecified atom stereocenters. The summed E-state index contributed by atoms with van der Waals surface area (Å²) in [5.41, 5.74) is 0.857. The van der Waals surface area contributed by atoms with E-state index < -0.39 is 9.84 Å². The van der Waals surface area contributed by atoms with Crippen molar-refractivity contribution in [1.29, 1.82) is 0 Å². The Labute approximate surface area is 91.2 Å². The third-order valence-electron chi connectivity index (χ3n) is 1.89. The fourth-order valence-electron chi connectivity index (χ4n) is 1.08. The van der Waals surface area contributed by atoms with Crippen LogP contribution >= 0.6 is 0 Å². The maximum absolute atomic E-state index is 11.2. The molecular weight excluding hydrogens is 208 g/mol. The molecule has 1 rings (SSSR count). The molecule has 0 bridgehead atoms. The minimum absolute atomic E-state index is 0.337. The molecule has 0 fully saturated rings. The van der Waals surface area contributed by atoms with Crippen LogP contribution in [0.1, 0.15) is 25.3 Å². The van der Waals surface area contributed by atoms with Crippen LogP contribution < -0.4 is 0 Å². The van der Waals surface area contributed by atoms with Crippen LogP contribution in [0.4, 0.5) is 0 Å². The summed E-state index contributed by atoms with van der Waals surface area (Å²) in [6, 6.07) is 6.65. The van der Waals surface area contributed by atoms with Gasteiger partial charge in [-0.1, -0.05) is 18.8 Å². The molecule has 0 N–H and O–H groups in total. The first kappa shape index (κ1) is 11.8. The van der Waals surface area contributed by atoms with Crippen molar-refractivity contribution in [3.8, 4) is 11.8 Å². The third kappa shape index (κ3) is 3.77. The van der Waals surface area contributed by atoms with Gasteiger partial charge in [0.2, 0.25) is 0 Å². The first-order valence-electron chi connectivity index (χ1n) is 4.83. The second kappa shape index (κ2) is 4.99. The molecule has 0 saturated carbocycles. The van der Waals surface area contributed by atoms with Gasteiger partial charge in [0.1, 0.15) is 0 Å². The van der Waals surface area contributed by atoms with Crippen molar-refractivity contribution in [1.82, 2.24) is 0 Å². The van der Waals surface area contributed by atoms with Gasteiger partial charge in [-0.15, -0.1) is 0 Å². The van der Waals surface area contributed by atoms with Crippen LogP contribution in [0.5, 0.6) is 0 Å². The van der Waals surface area contributed by atoms with Crippen LogP contribution in [0.15, 0.2) is 29.2 Å². The minimum atomic E-state index is -3.09. The molecule has 3 heteroatoms. The average Bonchev–Trinajstić information content (AvgIpc) is 2.18. The van der Waals surface area contributed by atoms with Crippen molar-refractivity contribution in [2.45, 2.75) is 24.7 Å². The van der Waals surface area contributed by atoms with Gasteiger partial charge in [-0.3, -0.25) is 0 Å². The topological polar surface area (TPSA) is 34.1 Å². The van der Waals surface area contributed by atoms with Gasteiger partial charge in [-0.05, 0) is 30.7 Å². The summed E-state index contributed by atoms with van der Waals surface area (Å²) >= 11 is 0. The molecule has 1 aromatic rings. The third-order valence-corrected chi connectivity index (χ3v) is 3.02. The van der Waals surface area contributed by atoms with E-state index in [1.165, 1.54) is 6.26 Å². The average molecular weight is 222 g/mol. The molecule has 0 aliphatic carbocycles. The van der Waals surface area contributed by atoms with Gasteiger partial charge in [-0.25, -0.2) is 8.42 Å². The summed E-state index contributed by atoms with van der Waals surface area (Å²) in [5, 5.41) is 0. The molecule has 0 amide bonds. The highest BCUT2D eigenvalue weighted by Crippen LogP contribution is 2.09. The molecular formula is C12H14O2S. The molecule has 2 nitrogen and oxygen atoms in total. The molecule has 0 aliphatic rings. The molecule has 15 heavy (non-hydrogen) atoms. The molecule has 0 atom stereocenters. The fourth-order valence-corrected chi connectivity index (χ4v) is 1.71. The molecule has 1 aromatic carbocycles. The number of sulfone groups is 1. The Morgan fingerprint density at radius 3 is 2.27 bits per heavy atom. The Kier molecular flexibility index (Phi) is 3.93. The summed E-state index contributed by atoms with van der Waals surface area (Å²) < 4.78 is 22.3. The van der Waals surface area contributed by atoms with Gasteiger partial charge >= 0.3 is 0 Å². The van der Waals surface area contributed by atoms with Crippen LogP contribution in [0.25, 0.3) is 0 Å². The van der Waals surface area contributed by atoms with Crippen LogP contribution in [-0.2, 0) is 9.84 Å². The smallest absolute Gasteiger partial charge is 0.175 e. The normalized spacial score (nSPS) is 10.5. The highest BCUT2D eigenvalue weighted by Gasteiger charge is 2.04. The van der Waals surface area contributed by atoms with Gasteiger partial charge in [0, 0.05) is 18.2 Å². The quantitative estimate of drug-likeness (QED) is 0.719. The lowest BCUT2D eigenvalue weighted by atomic mass is 10.2. The van der Waals surface area contributed by atoms with Crippen LogP contribution in [0.2, 0.25) is 0 Å². The maximum Gasteiger partial charge on any atom is 0.175 e. The van der Waals surface area contributed by atoms with Crippen molar-refractivity contribution in [2.24, 2.45) is 0 Å². The van der Waals surface area contributed by atoms with E-state index in [-0.39, 0.29) is 0 Å². The second-order valence-electron chi connectivity index (χ2n) is 3.35. The maximum atomic E-state index is 11.2. The number of unbranched alkanes of at least 4 members (excludes halogenated alkanes) is 1. The number of hydrogen-bond acceptors (Lipinski definition) is 2. The Bertz CT molecular complexity index is 473. The van der Waals surface area contributed by atoms with E-state index in [9.17, 15) is 8.42 Å². The SMILES string of the molecule is CCCC#Cc1ccc(S(C)(=O)=O)cc1. The fraction of sp³-hybridized carbons (Fsp3) is 0.333. The Hall–Kier alpha value is -1.27. The minimum Gasteiger partial charge on any atom is -0.224 e. The van der Waals surface area contributed by atoms with Crippen molar-refractivity contribution >= 4 is 9.84 Å². The monoisotopic (exact) mass is 222 g/mol. The zero-order valence-corrected chi connectivity index (χ0v) is 9.76. The van der Waals surface area contributed by atoms with Gasteiger partial charge in [-0.2, -0.15) is 0 Å². The summed E-state index contributed by atoms with van der Waals surface area (Å²) in [4.78, 5) is 0.337. The Morgan fingerprint density at radius 1 is 1.20 bits per heavy atom. The predicted octanol–water partition coefficient (Wildman–Crippen LogP) is 2.24. The van der Waals surface area contributed by atoms with Crippen molar-refractivity contribution in [3.63, 3.8) is 0 Å². The molecule has 0 spiro atoms. The summed E-state index contributed by atoms with van der Waals surface area (Å²) in [6.07, 6.45) is 3.10. The van der Waals surface area contributed by atoms with Crippen LogP contribution in [0.3, 0.4) is 0 Å². The standard InChI is InChI=1S/C12H14O2S/c1-3-4-5-6-11-7-9-12(10-8-11)15(2,13)14/h7-10H,3-4H2,1-2H3. The van der Waals surface area contributed by atoms with Gasteiger partial charge in [0.15, 0.2) is 9.84 Å². The summed E-state index contributed by atoms with van der Waals surface area (Å²) in [5.74, 6) is 5.99. The highest BCUT2D eigenvalue weighted by molar-refractivity contribution is 7.90. The van der Waals surface area contributed by atoms with E-state index in [0.29, 0.717) is 4.90 Å². The van der Waals surface area contributed by atoms with Crippen LogP contribution in [-0.4, -0.2) is 14.7 Å². The lowest BCUT2D eigenvalue weighted by molar-refractivity contribution is 0.602. The molecule has 0 radical (unpaired) electrons. The number of benzene rings is 1. The molecule has 0 saturated heterocycles. The lowest BCUT2D eigenvalue weighted by Crippen LogP contribution is -1.96. The largest absolute Gasteiger partial charge is 0.224 e. The van der Waals surface area contributed by atoms with E-state index in [0.717, 1.165) is 18.4 Å². The molecule has 0 aromatic heterocycles. The van der Waals surface area contributed by atoms with Crippen molar-refractivity contribution in [3.05, 3.63) is 29.8 Å². The van der Waals surface area contributed by atoms with E-state index in [1.807, 2.05) is 0 Å². The lowest BCUT2D eigenvalue weighted by Gasteiger charge is -1.96. The number of rotatable bonds is 2. The van der Waals surface area contributed by atoms with Gasteiger partial charge in [0.05, 0.1) is 4.90 Å². The van der Waals surface area contributed by atoms with E-state index in [1.54, 1.807) is 24.3 Å². The summed E-state index contributed by atoms with van der Waals surface area (Å²) in [7, 11) is -3.09. The number of hydrogen-bond donors (Lipinski definition) is 0. The zero-order valence-electron chi connectivity index (χ0n) is 8.95. The van der Waals surface area contributed by atoms with E-state index in [4.69, 9.17) is 0 Å². The van der Waals surface area contributed by atoms with Crippen LogP contribution in [0, 0.1) is 11.8 Å². The zero-order chi connectivity index (χ0) is 11.3. The second-order valence-corrected chi connectivity index (χ2v) is 5.36. The Morgan fingerprint density at radius 2 is 1.80 bits per heavy atom. The van der Waals surface area contributed by atoms with E-state index in [2.05, 4.69) is 18.8 Å².